The maximum absolute atomic E-state index is 11.6. The number of carbonyl (C=O) groups excluding carboxylic acids is 1. The fourth-order valence-corrected chi connectivity index (χ4v) is 2.36. The van der Waals surface area contributed by atoms with E-state index in [1.54, 1.807) is 0 Å². The van der Waals surface area contributed by atoms with Gasteiger partial charge in [-0.3, -0.25) is 4.79 Å². The van der Waals surface area contributed by atoms with Crippen molar-refractivity contribution in [1.29, 1.82) is 0 Å². The third-order valence-corrected chi connectivity index (χ3v) is 3.52. The zero-order valence-corrected chi connectivity index (χ0v) is 10.3. The lowest BCUT2D eigenvalue weighted by Gasteiger charge is -2.36. The van der Waals surface area contributed by atoms with Crippen molar-refractivity contribution in [3.63, 3.8) is 0 Å². The third kappa shape index (κ3) is 4.02. The third-order valence-electron chi connectivity index (χ3n) is 3.25. The highest BCUT2D eigenvalue weighted by atomic mass is 35.5. The Morgan fingerprint density at radius 3 is 2.53 bits per heavy atom. The van der Waals surface area contributed by atoms with Crippen molar-refractivity contribution >= 4 is 17.6 Å². The fraction of sp³-hybridized carbons (Fsp3) is 0.917. The number of carbonyl (C=O) groups is 1. The summed E-state index contributed by atoms with van der Waals surface area (Å²) in [5.74, 6) is 0.466. The number of esters is 1. The van der Waals surface area contributed by atoms with Crippen molar-refractivity contribution in [2.45, 2.75) is 63.9 Å². The highest BCUT2D eigenvalue weighted by Gasteiger charge is 2.33. The summed E-state index contributed by atoms with van der Waals surface area (Å²) in [6.45, 7) is 2.11. The molecule has 0 saturated heterocycles. The molecule has 1 aliphatic rings. The van der Waals surface area contributed by atoms with Gasteiger partial charge in [0.25, 0.3) is 0 Å². The summed E-state index contributed by atoms with van der Waals surface area (Å²) < 4.78 is 5.63. The second kappa shape index (κ2) is 6.37. The van der Waals surface area contributed by atoms with E-state index in [4.69, 9.17) is 16.3 Å². The van der Waals surface area contributed by atoms with Gasteiger partial charge >= 0.3 is 5.97 Å². The standard InChI is InChI=1S/C12H21ClO2/c1-2-12(8-4-3-5-9-12)15-11(14)7-6-10-13/h2-10H2,1H3. The highest BCUT2D eigenvalue weighted by molar-refractivity contribution is 6.17. The summed E-state index contributed by atoms with van der Waals surface area (Å²) in [6.07, 6.45) is 7.87. The van der Waals surface area contributed by atoms with Crippen molar-refractivity contribution in [2.24, 2.45) is 0 Å². The summed E-state index contributed by atoms with van der Waals surface area (Å²) in [7, 11) is 0. The lowest BCUT2D eigenvalue weighted by Crippen LogP contribution is -2.36. The van der Waals surface area contributed by atoms with Crippen molar-refractivity contribution in [3.05, 3.63) is 0 Å². The van der Waals surface area contributed by atoms with E-state index < -0.39 is 0 Å². The molecular formula is C12H21ClO2. The second-order valence-corrected chi connectivity index (χ2v) is 4.74. The van der Waals surface area contributed by atoms with Crippen molar-refractivity contribution in [1.82, 2.24) is 0 Å². The van der Waals surface area contributed by atoms with Gasteiger partial charge in [-0.1, -0.05) is 13.3 Å². The minimum Gasteiger partial charge on any atom is -0.459 e. The molecule has 0 bridgehead atoms. The van der Waals surface area contributed by atoms with Crippen LogP contribution < -0.4 is 0 Å². The maximum Gasteiger partial charge on any atom is 0.306 e. The molecule has 2 nitrogen and oxygen atoms in total. The first kappa shape index (κ1) is 12.8. The number of hydrogen-bond acceptors (Lipinski definition) is 2. The number of hydrogen-bond donors (Lipinski definition) is 0. The number of rotatable bonds is 5. The molecule has 0 heterocycles. The molecule has 0 N–H and O–H groups in total. The van der Waals surface area contributed by atoms with Gasteiger partial charge in [-0.25, -0.2) is 0 Å². The Kier molecular flexibility index (Phi) is 5.44. The van der Waals surface area contributed by atoms with Gasteiger partial charge in [-0.05, 0) is 38.5 Å². The molecule has 0 aromatic carbocycles. The second-order valence-electron chi connectivity index (χ2n) is 4.36. The van der Waals surface area contributed by atoms with Crippen molar-refractivity contribution < 1.29 is 9.53 Å². The van der Waals surface area contributed by atoms with E-state index in [1.807, 2.05) is 0 Å². The zero-order chi connectivity index (χ0) is 11.1. The zero-order valence-electron chi connectivity index (χ0n) is 9.56. The molecule has 0 atom stereocenters. The van der Waals surface area contributed by atoms with Crippen LogP contribution in [0, 0.1) is 0 Å². The van der Waals surface area contributed by atoms with Gasteiger partial charge in [-0.15, -0.1) is 11.6 Å². The van der Waals surface area contributed by atoms with Crippen LogP contribution in [0.1, 0.15) is 58.3 Å². The van der Waals surface area contributed by atoms with Crippen LogP contribution in [0.3, 0.4) is 0 Å². The van der Waals surface area contributed by atoms with E-state index in [-0.39, 0.29) is 11.6 Å². The van der Waals surface area contributed by atoms with Crippen molar-refractivity contribution in [3.8, 4) is 0 Å². The Balaban J connectivity index is 2.40. The molecule has 0 radical (unpaired) electrons. The molecule has 3 heteroatoms. The predicted octanol–water partition coefficient (Wildman–Crippen LogP) is 3.66. The van der Waals surface area contributed by atoms with E-state index in [0.717, 1.165) is 25.7 Å². The highest BCUT2D eigenvalue weighted by Crippen LogP contribution is 2.34. The minimum atomic E-state index is -0.151. The van der Waals surface area contributed by atoms with E-state index in [0.29, 0.717) is 12.3 Å². The molecule has 0 amide bonds. The quantitative estimate of drug-likeness (QED) is 0.534. The molecule has 88 valence electrons. The van der Waals surface area contributed by atoms with Crippen LogP contribution in [0.5, 0.6) is 0 Å². The van der Waals surface area contributed by atoms with Gasteiger partial charge in [0.05, 0.1) is 0 Å². The largest absolute Gasteiger partial charge is 0.459 e. The van der Waals surface area contributed by atoms with E-state index >= 15 is 0 Å². The van der Waals surface area contributed by atoms with Crippen LogP contribution in [-0.4, -0.2) is 17.5 Å². The molecule has 0 aromatic rings. The minimum absolute atomic E-state index is 0.0700. The molecule has 0 unspecified atom stereocenters. The van der Waals surface area contributed by atoms with E-state index in [9.17, 15) is 4.79 Å². The number of alkyl halides is 1. The summed E-state index contributed by atoms with van der Waals surface area (Å²) in [5, 5.41) is 0. The smallest absolute Gasteiger partial charge is 0.306 e. The molecule has 0 aromatic heterocycles. The monoisotopic (exact) mass is 232 g/mol. The number of halogens is 1. The first-order valence-corrected chi connectivity index (χ1v) is 6.54. The molecule has 1 saturated carbocycles. The lowest BCUT2D eigenvalue weighted by molar-refractivity contribution is -0.163. The fourth-order valence-electron chi connectivity index (χ4n) is 2.23. The summed E-state index contributed by atoms with van der Waals surface area (Å²) >= 11 is 5.55. The van der Waals surface area contributed by atoms with Crippen LogP contribution in [0.15, 0.2) is 0 Å². The van der Waals surface area contributed by atoms with Crippen molar-refractivity contribution in [2.75, 3.05) is 5.88 Å². The summed E-state index contributed by atoms with van der Waals surface area (Å²) in [4.78, 5) is 11.6. The van der Waals surface area contributed by atoms with E-state index in [2.05, 4.69) is 6.92 Å². The number of ether oxygens (including phenoxy) is 1. The van der Waals surface area contributed by atoms with Gasteiger partial charge in [0.2, 0.25) is 0 Å². The molecular weight excluding hydrogens is 212 g/mol. The molecule has 1 aliphatic carbocycles. The lowest BCUT2D eigenvalue weighted by atomic mass is 9.83. The molecule has 1 rings (SSSR count). The summed E-state index contributed by atoms with van der Waals surface area (Å²) in [6, 6.07) is 0. The van der Waals surface area contributed by atoms with Gasteiger partial charge in [-0.2, -0.15) is 0 Å². The van der Waals surface area contributed by atoms with Crippen LogP contribution in [0.2, 0.25) is 0 Å². The van der Waals surface area contributed by atoms with Crippen LogP contribution in [-0.2, 0) is 9.53 Å². The first-order valence-electron chi connectivity index (χ1n) is 6.00. The Hall–Kier alpha value is -0.240. The van der Waals surface area contributed by atoms with E-state index in [1.165, 1.54) is 19.3 Å². The molecule has 1 fully saturated rings. The first-order chi connectivity index (χ1) is 7.22. The van der Waals surface area contributed by atoms with Gasteiger partial charge in [0.15, 0.2) is 0 Å². The Morgan fingerprint density at radius 1 is 1.33 bits per heavy atom. The predicted molar refractivity (Wildman–Crippen MR) is 62.2 cm³/mol. The summed E-state index contributed by atoms with van der Waals surface area (Å²) in [5.41, 5.74) is -0.151. The van der Waals surface area contributed by atoms with Crippen LogP contribution in [0.4, 0.5) is 0 Å². The van der Waals surface area contributed by atoms with Crippen LogP contribution >= 0.6 is 11.6 Å². The molecule has 0 aliphatic heterocycles. The normalized spacial score (nSPS) is 19.9. The Bertz CT molecular complexity index is 198. The molecule has 15 heavy (non-hydrogen) atoms. The SMILES string of the molecule is CCC1(OC(=O)CCCCl)CCCCC1. The Labute approximate surface area is 97.3 Å². The average molecular weight is 233 g/mol. The Morgan fingerprint density at radius 2 is 2.00 bits per heavy atom. The van der Waals surface area contributed by atoms with Gasteiger partial charge in [0, 0.05) is 12.3 Å². The van der Waals surface area contributed by atoms with Gasteiger partial charge < -0.3 is 4.74 Å². The maximum atomic E-state index is 11.6. The topological polar surface area (TPSA) is 26.3 Å². The van der Waals surface area contributed by atoms with Gasteiger partial charge in [0.1, 0.15) is 5.60 Å². The van der Waals surface area contributed by atoms with Crippen LogP contribution in [0.25, 0.3) is 0 Å². The average Bonchev–Trinajstić information content (AvgIpc) is 2.27. The molecule has 0 spiro atoms.